The molecule has 0 saturated heterocycles. The smallest absolute Gasteiger partial charge is 0.321 e. The summed E-state index contributed by atoms with van der Waals surface area (Å²) in [5, 5.41) is 11.8. The van der Waals surface area contributed by atoms with E-state index < -0.39 is 0 Å². The van der Waals surface area contributed by atoms with Crippen LogP contribution in [0.5, 0.6) is 5.75 Å². The minimum atomic E-state index is -0.300. The second kappa shape index (κ2) is 9.64. The largest absolute Gasteiger partial charge is 0.489 e. The summed E-state index contributed by atoms with van der Waals surface area (Å²) in [4.78, 5) is 13.7. The highest BCUT2D eigenvalue weighted by Crippen LogP contribution is 2.18. The standard InChI is InChI=1S/C19H23FN2O3/c1-2-11-22(12-13-23)19(24)21-16-7-9-17(10-8-16)25-14-15-5-3-4-6-18(15)20/h3-10,23H,2,11-14H2,1H3,(H,21,24). The molecule has 6 heteroatoms. The number of rotatable bonds is 8. The van der Waals surface area contributed by atoms with Gasteiger partial charge < -0.3 is 20.1 Å². The lowest BCUT2D eigenvalue weighted by Crippen LogP contribution is -2.37. The Bertz CT molecular complexity index is 671. The van der Waals surface area contributed by atoms with E-state index in [1.54, 1.807) is 47.4 Å². The Morgan fingerprint density at radius 1 is 1.16 bits per heavy atom. The Morgan fingerprint density at radius 3 is 2.52 bits per heavy atom. The third-order valence-corrected chi connectivity index (χ3v) is 3.61. The number of hydrogen-bond acceptors (Lipinski definition) is 3. The number of anilines is 1. The lowest BCUT2D eigenvalue weighted by Gasteiger charge is -2.21. The summed E-state index contributed by atoms with van der Waals surface area (Å²) in [7, 11) is 0. The van der Waals surface area contributed by atoms with E-state index in [4.69, 9.17) is 9.84 Å². The Balaban J connectivity index is 1.91. The van der Waals surface area contributed by atoms with Crippen LogP contribution >= 0.6 is 0 Å². The first-order chi connectivity index (χ1) is 12.1. The molecule has 2 aromatic rings. The predicted octanol–water partition coefficient (Wildman–Crippen LogP) is 3.64. The molecule has 0 aliphatic carbocycles. The van der Waals surface area contributed by atoms with Gasteiger partial charge in [-0.25, -0.2) is 9.18 Å². The molecule has 2 amide bonds. The second-order valence-corrected chi connectivity index (χ2v) is 5.55. The Labute approximate surface area is 147 Å². The molecule has 2 aromatic carbocycles. The topological polar surface area (TPSA) is 61.8 Å². The van der Waals surface area contributed by atoms with Crippen LogP contribution in [0.3, 0.4) is 0 Å². The van der Waals surface area contributed by atoms with Crippen molar-refractivity contribution < 1.29 is 19.0 Å². The summed E-state index contributed by atoms with van der Waals surface area (Å²) in [6.07, 6.45) is 0.816. The number of aliphatic hydroxyl groups is 1. The van der Waals surface area contributed by atoms with E-state index in [1.807, 2.05) is 6.92 Å². The number of halogens is 1. The maximum atomic E-state index is 13.6. The van der Waals surface area contributed by atoms with Crippen molar-refractivity contribution in [1.29, 1.82) is 0 Å². The lowest BCUT2D eigenvalue weighted by molar-refractivity contribution is 0.188. The van der Waals surface area contributed by atoms with Gasteiger partial charge in [0.2, 0.25) is 0 Å². The molecular formula is C19H23FN2O3. The van der Waals surface area contributed by atoms with Gasteiger partial charge in [-0.3, -0.25) is 0 Å². The van der Waals surface area contributed by atoms with Gasteiger partial charge >= 0.3 is 6.03 Å². The highest BCUT2D eigenvalue weighted by atomic mass is 19.1. The van der Waals surface area contributed by atoms with Gasteiger partial charge in [0, 0.05) is 24.3 Å². The molecule has 25 heavy (non-hydrogen) atoms. The molecule has 2 N–H and O–H groups in total. The molecule has 0 unspecified atom stereocenters. The van der Waals surface area contributed by atoms with Gasteiger partial charge in [0.1, 0.15) is 18.2 Å². The van der Waals surface area contributed by atoms with Crippen molar-refractivity contribution in [2.24, 2.45) is 0 Å². The van der Waals surface area contributed by atoms with Crippen LogP contribution in [0.2, 0.25) is 0 Å². The molecule has 0 spiro atoms. The molecule has 0 atom stereocenters. The fourth-order valence-electron chi connectivity index (χ4n) is 2.32. The Hall–Kier alpha value is -2.60. The average molecular weight is 346 g/mol. The maximum Gasteiger partial charge on any atom is 0.321 e. The number of aliphatic hydroxyl groups excluding tert-OH is 1. The van der Waals surface area contributed by atoms with E-state index in [0.29, 0.717) is 30.1 Å². The Kier molecular flexibility index (Phi) is 7.22. The van der Waals surface area contributed by atoms with Crippen molar-refractivity contribution in [3.63, 3.8) is 0 Å². The van der Waals surface area contributed by atoms with Crippen molar-refractivity contribution >= 4 is 11.7 Å². The van der Waals surface area contributed by atoms with Gasteiger partial charge in [-0.15, -0.1) is 0 Å². The number of carbonyl (C=O) groups excluding carboxylic acids is 1. The zero-order valence-corrected chi connectivity index (χ0v) is 14.2. The number of urea groups is 1. The van der Waals surface area contributed by atoms with Crippen LogP contribution in [-0.4, -0.2) is 35.7 Å². The van der Waals surface area contributed by atoms with Gasteiger partial charge in [0.05, 0.1) is 6.61 Å². The number of ether oxygens (including phenoxy) is 1. The van der Waals surface area contributed by atoms with Crippen LogP contribution in [0.4, 0.5) is 14.9 Å². The fraction of sp³-hybridized carbons (Fsp3) is 0.316. The maximum absolute atomic E-state index is 13.6. The quantitative estimate of drug-likeness (QED) is 0.767. The number of nitrogens with one attached hydrogen (secondary N) is 1. The summed E-state index contributed by atoms with van der Waals surface area (Å²) in [6.45, 7) is 2.91. The molecule has 0 heterocycles. The molecule has 0 aromatic heterocycles. The first kappa shape index (κ1) is 18.7. The van der Waals surface area contributed by atoms with E-state index >= 15 is 0 Å². The summed E-state index contributed by atoms with van der Waals surface area (Å²) < 4.78 is 19.1. The molecule has 134 valence electrons. The van der Waals surface area contributed by atoms with E-state index in [-0.39, 0.29) is 25.1 Å². The van der Waals surface area contributed by atoms with Gasteiger partial charge in [-0.2, -0.15) is 0 Å². The average Bonchev–Trinajstić information content (AvgIpc) is 2.62. The summed E-state index contributed by atoms with van der Waals surface area (Å²) >= 11 is 0. The minimum Gasteiger partial charge on any atom is -0.489 e. The minimum absolute atomic E-state index is 0.0732. The number of hydrogen-bond donors (Lipinski definition) is 2. The van der Waals surface area contributed by atoms with Gasteiger partial charge in [-0.1, -0.05) is 25.1 Å². The molecule has 0 aliphatic heterocycles. The zero-order valence-electron chi connectivity index (χ0n) is 14.2. The summed E-state index contributed by atoms with van der Waals surface area (Å²) in [6, 6.07) is 13.1. The van der Waals surface area contributed by atoms with Crippen molar-refractivity contribution in [3.8, 4) is 5.75 Å². The second-order valence-electron chi connectivity index (χ2n) is 5.55. The van der Waals surface area contributed by atoms with Crippen LogP contribution in [0, 0.1) is 5.82 Å². The van der Waals surface area contributed by atoms with E-state index in [2.05, 4.69) is 5.32 Å². The van der Waals surface area contributed by atoms with E-state index in [1.165, 1.54) is 6.07 Å². The first-order valence-electron chi connectivity index (χ1n) is 8.27. The van der Waals surface area contributed by atoms with Crippen molar-refractivity contribution in [2.45, 2.75) is 20.0 Å². The molecular weight excluding hydrogens is 323 g/mol. The van der Waals surface area contributed by atoms with Crippen molar-refractivity contribution in [1.82, 2.24) is 4.90 Å². The third kappa shape index (κ3) is 5.76. The molecule has 5 nitrogen and oxygen atoms in total. The highest BCUT2D eigenvalue weighted by Gasteiger charge is 2.12. The molecule has 2 rings (SSSR count). The summed E-state index contributed by atoms with van der Waals surface area (Å²) in [5.41, 5.74) is 1.11. The van der Waals surface area contributed by atoms with Crippen LogP contribution < -0.4 is 10.1 Å². The van der Waals surface area contributed by atoms with Crippen LogP contribution in [0.15, 0.2) is 48.5 Å². The molecule has 0 bridgehead atoms. The molecule has 0 fully saturated rings. The van der Waals surface area contributed by atoms with Gasteiger partial charge in [0.25, 0.3) is 0 Å². The zero-order chi connectivity index (χ0) is 18.1. The third-order valence-electron chi connectivity index (χ3n) is 3.61. The Morgan fingerprint density at radius 2 is 1.88 bits per heavy atom. The van der Waals surface area contributed by atoms with Gasteiger partial charge in [0.15, 0.2) is 0 Å². The van der Waals surface area contributed by atoms with Crippen molar-refractivity contribution in [3.05, 3.63) is 59.9 Å². The highest BCUT2D eigenvalue weighted by molar-refractivity contribution is 5.89. The summed E-state index contributed by atoms with van der Waals surface area (Å²) in [5.74, 6) is 0.285. The SMILES string of the molecule is CCCN(CCO)C(=O)Nc1ccc(OCc2ccccc2F)cc1. The number of carbonyl (C=O) groups is 1. The van der Waals surface area contributed by atoms with E-state index in [9.17, 15) is 9.18 Å². The van der Waals surface area contributed by atoms with Crippen LogP contribution in [-0.2, 0) is 6.61 Å². The number of benzene rings is 2. The molecule has 0 radical (unpaired) electrons. The fourth-order valence-corrected chi connectivity index (χ4v) is 2.32. The lowest BCUT2D eigenvalue weighted by atomic mass is 10.2. The monoisotopic (exact) mass is 346 g/mol. The van der Waals surface area contributed by atoms with Crippen LogP contribution in [0.25, 0.3) is 0 Å². The van der Waals surface area contributed by atoms with Gasteiger partial charge in [-0.05, 0) is 36.8 Å². The molecule has 0 aliphatic rings. The normalized spacial score (nSPS) is 10.4. The number of nitrogens with zero attached hydrogens (tertiary/aromatic N) is 1. The van der Waals surface area contributed by atoms with Crippen LogP contribution in [0.1, 0.15) is 18.9 Å². The first-order valence-corrected chi connectivity index (χ1v) is 8.27. The molecule has 0 saturated carbocycles. The predicted molar refractivity (Wildman–Crippen MR) is 95.1 cm³/mol. The van der Waals surface area contributed by atoms with Crippen molar-refractivity contribution in [2.75, 3.05) is 25.0 Å². The number of amides is 2. The van der Waals surface area contributed by atoms with E-state index in [0.717, 1.165) is 6.42 Å².